The third-order valence-electron chi connectivity index (χ3n) is 4.60. The van der Waals surface area contributed by atoms with Gasteiger partial charge in [-0.05, 0) is 69.6 Å². The molecule has 6 heteroatoms. The summed E-state index contributed by atoms with van der Waals surface area (Å²) in [6, 6.07) is 5.76. The molecule has 23 heavy (non-hydrogen) atoms. The van der Waals surface area contributed by atoms with E-state index < -0.39 is 11.7 Å². The average Bonchev–Trinajstić information content (AvgIpc) is 2.52. The lowest BCUT2D eigenvalue weighted by atomic mass is 9.94. The van der Waals surface area contributed by atoms with Gasteiger partial charge >= 0.3 is 6.18 Å². The Morgan fingerprint density at radius 3 is 2.22 bits per heavy atom. The standard InChI is InChI=1S/C17H25F3N2.ClH/c1-3-21-12-14-8-10-22(11-9-14)13(2)15-4-6-16(7-5-15)17(18,19)20;/h4-7,13-14,21H,3,8-12H2,1-2H3;1H. The summed E-state index contributed by atoms with van der Waals surface area (Å²) < 4.78 is 37.8. The molecular weight excluding hydrogens is 325 g/mol. The van der Waals surface area contributed by atoms with Gasteiger partial charge in [-0.25, -0.2) is 0 Å². The van der Waals surface area contributed by atoms with Crippen LogP contribution < -0.4 is 5.32 Å². The van der Waals surface area contributed by atoms with Gasteiger partial charge in [-0.1, -0.05) is 19.1 Å². The summed E-state index contributed by atoms with van der Waals surface area (Å²) in [6.07, 6.45) is -1.96. The predicted octanol–water partition coefficient (Wildman–Crippen LogP) is 4.51. The highest BCUT2D eigenvalue weighted by Gasteiger charge is 2.30. The quantitative estimate of drug-likeness (QED) is 0.840. The van der Waals surface area contributed by atoms with Crippen molar-refractivity contribution >= 4 is 12.4 Å². The van der Waals surface area contributed by atoms with E-state index in [-0.39, 0.29) is 18.4 Å². The van der Waals surface area contributed by atoms with Crippen LogP contribution in [0.2, 0.25) is 0 Å². The van der Waals surface area contributed by atoms with Crippen LogP contribution in [0.5, 0.6) is 0 Å². The largest absolute Gasteiger partial charge is 0.416 e. The maximum absolute atomic E-state index is 12.6. The van der Waals surface area contributed by atoms with Crippen molar-refractivity contribution in [2.75, 3.05) is 26.2 Å². The molecule has 2 nitrogen and oxygen atoms in total. The van der Waals surface area contributed by atoms with Crippen LogP contribution in [0.25, 0.3) is 0 Å². The lowest BCUT2D eigenvalue weighted by Crippen LogP contribution is -2.38. The average molecular weight is 351 g/mol. The van der Waals surface area contributed by atoms with Gasteiger partial charge in [0.2, 0.25) is 0 Å². The van der Waals surface area contributed by atoms with Crippen molar-refractivity contribution in [1.29, 1.82) is 0 Å². The van der Waals surface area contributed by atoms with E-state index in [0.717, 1.165) is 50.5 Å². The molecule has 0 spiro atoms. The van der Waals surface area contributed by atoms with Crippen LogP contribution >= 0.6 is 12.4 Å². The summed E-state index contributed by atoms with van der Waals surface area (Å²) in [4.78, 5) is 2.37. The van der Waals surface area contributed by atoms with E-state index in [0.29, 0.717) is 0 Å². The van der Waals surface area contributed by atoms with Crippen molar-refractivity contribution in [1.82, 2.24) is 10.2 Å². The van der Waals surface area contributed by atoms with Gasteiger partial charge in [-0.15, -0.1) is 12.4 Å². The maximum atomic E-state index is 12.6. The lowest BCUT2D eigenvalue weighted by Gasteiger charge is -2.36. The number of alkyl halides is 3. The molecule has 2 rings (SSSR count). The minimum atomic E-state index is -4.26. The predicted molar refractivity (Wildman–Crippen MR) is 89.9 cm³/mol. The van der Waals surface area contributed by atoms with Crippen molar-refractivity contribution in [3.05, 3.63) is 35.4 Å². The normalized spacial score (nSPS) is 18.5. The Balaban J connectivity index is 0.00000264. The molecule has 1 fully saturated rings. The molecule has 1 heterocycles. The summed E-state index contributed by atoms with van der Waals surface area (Å²) in [7, 11) is 0. The molecular formula is C17H26ClF3N2. The van der Waals surface area contributed by atoms with E-state index in [4.69, 9.17) is 0 Å². The number of benzene rings is 1. The van der Waals surface area contributed by atoms with Gasteiger partial charge in [-0.3, -0.25) is 4.90 Å². The SMILES string of the molecule is CCNCC1CCN(C(C)c2ccc(C(F)(F)F)cc2)CC1.Cl. The number of nitrogens with one attached hydrogen (secondary N) is 1. The fraction of sp³-hybridized carbons (Fsp3) is 0.647. The highest BCUT2D eigenvalue weighted by Crippen LogP contribution is 2.31. The van der Waals surface area contributed by atoms with E-state index in [9.17, 15) is 13.2 Å². The molecule has 132 valence electrons. The lowest BCUT2D eigenvalue weighted by molar-refractivity contribution is -0.137. The van der Waals surface area contributed by atoms with Gasteiger partial charge < -0.3 is 5.32 Å². The molecule has 1 saturated heterocycles. The second-order valence-corrected chi connectivity index (χ2v) is 6.08. The topological polar surface area (TPSA) is 15.3 Å². The molecule has 1 aliphatic rings. The van der Waals surface area contributed by atoms with Crippen LogP contribution in [-0.2, 0) is 6.18 Å². The highest BCUT2D eigenvalue weighted by molar-refractivity contribution is 5.85. The Bertz CT molecular complexity index is 454. The first-order valence-electron chi connectivity index (χ1n) is 8.03. The van der Waals surface area contributed by atoms with E-state index >= 15 is 0 Å². The third-order valence-corrected chi connectivity index (χ3v) is 4.60. The summed E-state index contributed by atoms with van der Waals surface area (Å²) in [6.45, 7) is 8.28. The maximum Gasteiger partial charge on any atom is 0.416 e. The Kier molecular flexibility index (Phi) is 7.84. The Hall–Kier alpha value is -0.780. The second kappa shape index (κ2) is 8.90. The van der Waals surface area contributed by atoms with Crippen LogP contribution in [0.1, 0.15) is 43.9 Å². The molecule has 0 amide bonds. The van der Waals surface area contributed by atoms with Crippen molar-refractivity contribution in [3.8, 4) is 0 Å². The van der Waals surface area contributed by atoms with Gasteiger partial charge in [0.05, 0.1) is 5.56 Å². The molecule has 0 radical (unpaired) electrons. The number of rotatable bonds is 5. The molecule has 1 aliphatic heterocycles. The zero-order valence-corrected chi connectivity index (χ0v) is 14.5. The van der Waals surface area contributed by atoms with Crippen LogP contribution in [0.15, 0.2) is 24.3 Å². The van der Waals surface area contributed by atoms with Gasteiger partial charge in [0, 0.05) is 6.04 Å². The van der Waals surface area contributed by atoms with Gasteiger partial charge in [0.25, 0.3) is 0 Å². The third kappa shape index (κ3) is 5.66. The van der Waals surface area contributed by atoms with Gasteiger partial charge in [0.1, 0.15) is 0 Å². The first-order chi connectivity index (χ1) is 10.4. The number of hydrogen-bond acceptors (Lipinski definition) is 2. The number of nitrogens with zero attached hydrogens (tertiary/aromatic N) is 1. The smallest absolute Gasteiger partial charge is 0.317 e. The summed E-state index contributed by atoms with van der Waals surface area (Å²) in [5.41, 5.74) is 0.380. The summed E-state index contributed by atoms with van der Waals surface area (Å²) >= 11 is 0. The van der Waals surface area contributed by atoms with Gasteiger partial charge in [-0.2, -0.15) is 13.2 Å². The Labute approximate surface area is 142 Å². The van der Waals surface area contributed by atoms with Gasteiger partial charge in [0.15, 0.2) is 0 Å². The molecule has 0 aromatic heterocycles. The molecule has 1 N–H and O–H groups in total. The molecule has 1 aromatic rings. The van der Waals surface area contributed by atoms with E-state index in [1.54, 1.807) is 12.1 Å². The van der Waals surface area contributed by atoms with Crippen LogP contribution in [0.3, 0.4) is 0 Å². The fourth-order valence-electron chi connectivity index (χ4n) is 3.05. The van der Waals surface area contributed by atoms with Crippen LogP contribution in [0.4, 0.5) is 13.2 Å². The monoisotopic (exact) mass is 350 g/mol. The number of likely N-dealkylation sites (tertiary alicyclic amines) is 1. The Morgan fingerprint density at radius 1 is 1.17 bits per heavy atom. The summed E-state index contributed by atoms with van der Waals surface area (Å²) in [5.74, 6) is 0.719. The molecule has 0 bridgehead atoms. The molecule has 0 aliphatic carbocycles. The first-order valence-corrected chi connectivity index (χ1v) is 8.03. The molecule has 1 aromatic carbocycles. The number of hydrogen-bond donors (Lipinski definition) is 1. The van der Waals surface area contributed by atoms with Crippen molar-refractivity contribution in [2.24, 2.45) is 5.92 Å². The fourth-order valence-corrected chi connectivity index (χ4v) is 3.05. The van der Waals surface area contributed by atoms with E-state index in [2.05, 4.69) is 24.1 Å². The zero-order chi connectivity index (χ0) is 16.2. The first kappa shape index (κ1) is 20.3. The second-order valence-electron chi connectivity index (χ2n) is 6.08. The minimum absolute atomic E-state index is 0. The van der Waals surface area contributed by atoms with Crippen molar-refractivity contribution < 1.29 is 13.2 Å². The number of piperidine rings is 1. The minimum Gasteiger partial charge on any atom is -0.317 e. The molecule has 1 atom stereocenters. The van der Waals surface area contributed by atoms with Crippen LogP contribution in [0, 0.1) is 5.92 Å². The number of halogens is 4. The molecule has 0 saturated carbocycles. The molecule has 1 unspecified atom stereocenters. The van der Waals surface area contributed by atoms with Crippen molar-refractivity contribution in [2.45, 2.75) is 38.9 Å². The summed E-state index contributed by atoms with van der Waals surface area (Å²) in [5, 5.41) is 3.39. The highest BCUT2D eigenvalue weighted by atomic mass is 35.5. The van der Waals surface area contributed by atoms with E-state index in [1.807, 2.05) is 0 Å². The zero-order valence-electron chi connectivity index (χ0n) is 13.7. The Morgan fingerprint density at radius 2 is 1.74 bits per heavy atom. The van der Waals surface area contributed by atoms with E-state index in [1.165, 1.54) is 12.1 Å². The van der Waals surface area contributed by atoms with Crippen molar-refractivity contribution in [3.63, 3.8) is 0 Å². The van der Waals surface area contributed by atoms with Crippen LogP contribution in [-0.4, -0.2) is 31.1 Å².